The third kappa shape index (κ3) is 7.75. The summed E-state index contributed by atoms with van der Waals surface area (Å²) in [4.78, 5) is 38.5. The van der Waals surface area contributed by atoms with Crippen molar-refractivity contribution in [2.75, 3.05) is 45.2 Å². The largest absolute Gasteiger partial charge is 0.497 e. The molecule has 0 aliphatic heterocycles. The Morgan fingerprint density at radius 3 is 2.10 bits per heavy atom. The first-order chi connectivity index (χ1) is 15.0. The van der Waals surface area contributed by atoms with Gasteiger partial charge in [-0.2, -0.15) is 0 Å². The smallest absolute Gasteiger partial charge is 0.338 e. The summed E-state index contributed by atoms with van der Waals surface area (Å²) in [6.45, 7) is 6.76. The highest BCUT2D eigenvalue weighted by Crippen LogP contribution is 2.12. The maximum absolute atomic E-state index is 12.1. The van der Waals surface area contributed by atoms with Gasteiger partial charge >= 0.3 is 5.97 Å². The minimum absolute atomic E-state index is 0.181. The van der Waals surface area contributed by atoms with E-state index in [2.05, 4.69) is 29.4 Å². The number of hydrogen-bond acceptors (Lipinski definition) is 6. The predicted octanol–water partition coefficient (Wildman–Crippen LogP) is 2.56. The minimum atomic E-state index is -0.406. The van der Waals surface area contributed by atoms with Gasteiger partial charge in [-0.1, -0.05) is 13.8 Å². The number of benzene rings is 2. The Morgan fingerprint density at radius 1 is 0.903 bits per heavy atom. The molecule has 2 aromatic rings. The van der Waals surface area contributed by atoms with Gasteiger partial charge in [0.2, 0.25) is 5.91 Å². The van der Waals surface area contributed by atoms with Crippen molar-refractivity contribution in [2.45, 2.75) is 13.8 Å². The number of carbonyl (C=O) groups excluding carboxylic acids is 3. The topological polar surface area (TPSA) is 97.0 Å². The number of nitrogens with zero attached hydrogens (tertiary/aromatic N) is 1. The number of hydrogen-bond donors (Lipinski definition) is 2. The number of carbonyl (C=O) groups is 3. The quantitative estimate of drug-likeness (QED) is 0.535. The van der Waals surface area contributed by atoms with Crippen LogP contribution in [-0.2, 0) is 9.53 Å². The molecule has 8 nitrogen and oxygen atoms in total. The number of esters is 1. The van der Waals surface area contributed by atoms with E-state index in [0.29, 0.717) is 35.7 Å². The minimum Gasteiger partial charge on any atom is -0.497 e. The van der Waals surface area contributed by atoms with E-state index in [-0.39, 0.29) is 18.4 Å². The third-order valence-electron chi connectivity index (χ3n) is 4.70. The van der Waals surface area contributed by atoms with Gasteiger partial charge in [0, 0.05) is 17.8 Å². The zero-order valence-corrected chi connectivity index (χ0v) is 18.1. The maximum Gasteiger partial charge on any atom is 0.338 e. The summed E-state index contributed by atoms with van der Waals surface area (Å²) in [5.41, 5.74) is 1.35. The normalized spacial score (nSPS) is 10.5. The maximum atomic E-state index is 12.1. The summed E-state index contributed by atoms with van der Waals surface area (Å²) < 4.78 is 10.3. The SMILES string of the molecule is CCN(CC)CCOC(=O)c1ccc(NC(=O)CNC(=O)c2ccc(OC)cc2)cc1. The van der Waals surface area contributed by atoms with Gasteiger partial charge in [0.25, 0.3) is 5.91 Å². The van der Waals surface area contributed by atoms with Crippen LogP contribution in [0.2, 0.25) is 0 Å². The molecule has 0 aromatic heterocycles. The number of likely N-dealkylation sites (N-methyl/N-ethyl adjacent to an activating group) is 1. The number of methoxy groups -OCH3 is 1. The molecule has 0 unspecified atom stereocenters. The molecule has 31 heavy (non-hydrogen) atoms. The van der Waals surface area contributed by atoms with E-state index in [1.54, 1.807) is 55.6 Å². The van der Waals surface area contributed by atoms with Crippen molar-refractivity contribution in [1.82, 2.24) is 10.2 Å². The van der Waals surface area contributed by atoms with Crippen molar-refractivity contribution in [2.24, 2.45) is 0 Å². The Balaban J connectivity index is 1.77. The fourth-order valence-corrected chi connectivity index (χ4v) is 2.79. The molecular weight excluding hydrogens is 398 g/mol. The molecule has 0 saturated heterocycles. The van der Waals surface area contributed by atoms with Gasteiger partial charge in [-0.3, -0.25) is 9.59 Å². The first-order valence-corrected chi connectivity index (χ1v) is 10.2. The molecule has 0 fully saturated rings. The highest BCUT2D eigenvalue weighted by Gasteiger charge is 2.11. The van der Waals surface area contributed by atoms with Gasteiger partial charge in [0.05, 0.1) is 19.2 Å². The number of ether oxygens (including phenoxy) is 2. The first-order valence-electron chi connectivity index (χ1n) is 10.2. The molecule has 2 rings (SSSR count). The molecular formula is C23H29N3O5. The zero-order valence-electron chi connectivity index (χ0n) is 18.1. The summed E-state index contributed by atoms with van der Waals surface area (Å²) in [6.07, 6.45) is 0. The van der Waals surface area contributed by atoms with Crippen molar-refractivity contribution >= 4 is 23.5 Å². The van der Waals surface area contributed by atoms with Crippen LogP contribution in [0.25, 0.3) is 0 Å². The highest BCUT2D eigenvalue weighted by molar-refractivity contribution is 5.99. The molecule has 0 heterocycles. The Morgan fingerprint density at radius 2 is 1.52 bits per heavy atom. The Labute approximate surface area is 182 Å². The van der Waals surface area contributed by atoms with E-state index in [1.165, 1.54) is 0 Å². The highest BCUT2D eigenvalue weighted by atomic mass is 16.5. The lowest BCUT2D eigenvalue weighted by atomic mass is 10.2. The summed E-state index contributed by atoms with van der Waals surface area (Å²) >= 11 is 0. The van der Waals surface area contributed by atoms with Crippen LogP contribution in [0.3, 0.4) is 0 Å². The van der Waals surface area contributed by atoms with Crippen molar-refractivity contribution < 1.29 is 23.9 Å². The zero-order chi connectivity index (χ0) is 22.6. The molecule has 2 N–H and O–H groups in total. The standard InChI is InChI=1S/C23H29N3O5/c1-4-26(5-2)14-15-31-23(29)18-6-10-19(11-7-18)25-21(27)16-24-22(28)17-8-12-20(30-3)13-9-17/h6-13H,4-5,14-16H2,1-3H3,(H,24,28)(H,25,27). The summed E-state index contributed by atoms with van der Waals surface area (Å²) in [7, 11) is 1.54. The van der Waals surface area contributed by atoms with Crippen LogP contribution in [-0.4, -0.2) is 62.6 Å². The van der Waals surface area contributed by atoms with Crippen molar-refractivity contribution in [3.8, 4) is 5.75 Å². The van der Waals surface area contributed by atoms with Crippen LogP contribution in [0.5, 0.6) is 5.75 Å². The average Bonchev–Trinajstić information content (AvgIpc) is 2.80. The molecule has 0 saturated carbocycles. The summed E-state index contributed by atoms with van der Waals surface area (Å²) in [5.74, 6) is -0.501. The fourth-order valence-electron chi connectivity index (χ4n) is 2.79. The second kappa shape index (κ2) is 12.3. The van der Waals surface area contributed by atoms with Crippen LogP contribution in [0.15, 0.2) is 48.5 Å². The number of rotatable bonds is 11. The van der Waals surface area contributed by atoms with Gasteiger partial charge in [-0.05, 0) is 61.6 Å². The molecule has 0 atom stereocenters. The molecule has 0 radical (unpaired) electrons. The first kappa shape index (κ1) is 23.9. The lowest BCUT2D eigenvalue weighted by molar-refractivity contribution is -0.115. The molecule has 0 bridgehead atoms. The van der Waals surface area contributed by atoms with Crippen LogP contribution in [0, 0.1) is 0 Å². The van der Waals surface area contributed by atoms with E-state index >= 15 is 0 Å². The monoisotopic (exact) mass is 427 g/mol. The van der Waals surface area contributed by atoms with Gasteiger partial charge in [0.15, 0.2) is 0 Å². The van der Waals surface area contributed by atoms with Gasteiger partial charge in [-0.25, -0.2) is 4.79 Å². The van der Waals surface area contributed by atoms with Crippen LogP contribution in [0.1, 0.15) is 34.6 Å². The molecule has 0 aliphatic carbocycles. The van der Waals surface area contributed by atoms with Gasteiger partial charge < -0.3 is 25.0 Å². The Hall–Kier alpha value is -3.39. The average molecular weight is 428 g/mol. The molecule has 0 aliphatic rings. The van der Waals surface area contributed by atoms with Gasteiger partial charge in [-0.15, -0.1) is 0 Å². The number of anilines is 1. The lowest BCUT2D eigenvalue weighted by Crippen LogP contribution is -2.32. The van der Waals surface area contributed by atoms with Crippen molar-refractivity contribution in [3.05, 3.63) is 59.7 Å². The predicted molar refractivity (Wildman–Crippen MR) is 118 cm³/mol. The number of amides is 2. The summed E-state index contributed by atoms with van der Waals surface area (Å²) in [6, 6.07) is 13.0. The fraction of sp³-hybridized carbons (Fsp3) is 0.348. The second-order valence-electron chi connectivity index (χ2n) is 6.70. The molecule has 2 aromatic carbocycles. The Bertz CT molecular complexity index is 862. The Kier molecular flexibility index (Phi) is 9.51. The van der Waals surface area contributed by atoms with Crippen LogP contribution in [0.4, 0.5) is 5.69 Å². The van der Waals surface area contributed by atoms with E-state index < -0.39 is 5.97 Å². The lowest BCUT2D eigenvalue weighted by Gasteiger charge is -2.17. The van der Waals surface area contributed by atoms with Crippen LogP contribution >= 0.6 is 0 Å². The molecule has 0 spiro atoms. The molecule has 8 heteroatoms. The van der Waals surface area contributed by atoms with E-state index in [1.807, 2.05) is 0 Å². The number of nitrogens with one attached hydrogen (secondary N) is 2. The van der Waals surface area contributed by atoms with E-state index in [9.17, 15) is 14.4 Å². The summed E-state index contributed by atoms with van der Waals surface area (Å²) in [5, 5.41) is 5.23. The van der Waals surface area contributed by atoms with Crippen molar-refractivity contribution in [1.29, 1.82) is 0 Å². The third-order valence-corrected chi connectivity index (χ3v) is 4.70. The second-order valence-corrected chi connectivity index (χ2v) is 6.70. The van der Waals surface area contributed by atoms with E-state index in [0.717, 1.165) is 13.1 Å². The molecule has 166 valence electrons. The van der Waals surface area contributed by atoms with Gasteiger partial charge in [0.1, 0.15) is 12.4 Å². The van der Waals surface area contributed by atoms with E-state index in [4.69, 9.17) is 9.47 Å². The molecule has 2 amide bonds. The van der Waals surface area contributed by atoms with Crippen LogP contribution < -0.4 is 15.4 Å². The van der Waals surface area contributed by atoms with Crippen molar-refractivity contribution in [3.63, 3.8) is 0 Å².